The smallest absolute Gasteiger partial charge is 0.238 e. The molecule has 2 rings (SSSR count). The fourth-order valence-corrected chi connectivity index (χ4v) is 3.57. The van der Waals surface area contributed by atoms with Gasteiger partial charge in [-0.1, -0.05) is 18.9 Å². The Kier molecular flexibility index (Phi) is 4.75. The molecule has 0 spiro atoms. The molecule has 0 bridgehead atoms. The first-order valence-corrected chi connectivity index (χ1v) is 8.40. The molecule has 0 radical (unpaired) electrons. The van der Waals surface area contributed by atoms with E-state index in [1.807, 2.05) is 0 Å². The van der Waals surface area contributed by atoms with Crippen molar-refractivity contribution in [2.24, 2.45) is 0 Å². The Morgan fingerprint density at radius 3 is 2.40 bits per heavy atom. The van der Waals surface area contributed by atoms with Gasteiger partial charge in [0.1, 0.15) is 11.6 Å². The molecule has 0 aromatic heterocycles. The van der Waals surface area contributed by atoms with Crippen LogP contribution in [-0.4, -0.2) is 38.1 Å². The molecule has 1 aliphatic heterocycles. The van der Waals surface area contributed by atoms with Crippen molar-refractivity contribution >= 4 is 15.7 Å². The van der Waals surface area contributed by atoms with Gasteiger partial charge in [-0.05, 0) is 31.0 Å². The Bertz CT molecular complexity index is 578. The van der Waals surface area contributed by atoms with Crippen LogP contribution in [0.25, 0.3) is 0 Å². The summed E-state index contributed by atoms with van der Waals surface area (Å²) >= 11 is 0. The number of sulfone groups is 1. The number of halogens is 1. The summed E-state index contributed by atoms with van der Waals surface area (Å²) in [6.07, 6.45) is 3.96. The average molecular weight is 299 g/mol. The molecule has 1 saturated heterocycles. The second-order valence-corrected chi connectivity index (χ2v) is 7.00. The molecule has 6 heteroatoms. The van der Waals surface area contributed by atoms with Gasteiger partial charge in [0.25, 0.3) is 0 Å². The fraction of sp³-hybridized carbons (Fsp3) is 0.500. The Labute approximate surface area is 118 Å². The first-order chi connectivity index (χ1) is 9.49. The molecule has 1 aliphatic rings. The lowest BCUT2D eigenvalue weighted by molar-refractivity contribution is -0.128. The van der Waals surface area contributed by atoms with Gasteiger partial charge in [-0.15, -0.1) is 0 Å². The summed E-state index contributed by atoms with van der Waals surface area (Å²) in [6.45, 7) is 1.22. The third kappa shape index (κ3) is 3.79. The standard InChI is InChI=1S/C14H18FNO3S/c15-12-6-5-7-13(10-12)20(18,19)11-14(17)16-8-3-1-2-4-9-16/h5-7,10H,1-4,8-9,11H2. The average Bonchev–Trinajstić information content (AvgIpc) is 2.67. The predicted molar refractivity (Wildman–Crippen MR) is 73.5 cm³/mol. The minimum atomic E-state index is -3.77. The molecule has 0 N–H and O–H groups in total. The first-order valence-electron chi connectivity index (χ1n) is 6.75. The van der Waals surface area contributed by atoms with E-state index in [0.717, 1.165) is 31.7 Å². The topological polar surface area (TPSA) is 54.5 Å². The van der Waals surface area contributed by atoms with Crippen molar-refractivity contribution in [2.75, 3.05) is 18.8 Å². The molecule has 1 heterocycles. The van der Waals surface area contributed by atoms with Crippen molar-refractivity contribution in [3.05, 3.63) is 30.1 Å². The Morgan fingerprint density at radius 1 is 1.15 bits per heavy atom. The number of benzene rings is 1. The lowest BCUT2D eigenvalue weighted by Crippen LogP contribution is -2.36. The highest BCUT2D eigenvalue weighted by atomic mass is 32.2. The summed E-state index contributed by atoms with van der Waals surface area (Å²) in [5.74, 6) is -1.60. The monoisotopic (exact) mass is 299 g/mol. The molecular formula is C14H18FNO3S. The van der Waals surface area contributed by atoms with Gasteiger partial charge in [0.15, 0.2) is 9.84 Å². The van der Waals surface area contributed by atoms with Crippen molar-refractivity contribution < 1.29 is 17.6 Å². The normalized spacial score (nSPS) is 16.8. The number of hydrogen-bond acceptors (Lipinski definition) is 3. The molecule has 0 aliphatic carbocycles. The molecule has 0 saturated carbocycles. The number of carbonyl (C=O) groups is 1. The van der Waals surface area contributed by atoms with Crippen LogP contribution in [0.3, 0.4) is 0 Å². The quantitative estimate of drug-likeness (QED) is 0.858. The van der Waals surface area contributed by atoms with Gasteiger partial charge in [-0.2, -0.15) is 0 Å². The molecule has 0 unspecified atom stereocenters. The van der Waals surface area contributed by atoms with Crippen LogP contribution in [0.4, 0.5) is 4.39 Å². The number of amides is 1. The lowest BCUT2D eigenvalue weighted by atomic mass is 10.2. The van der Waals surface area contributed by atoms with Gasteiger partial charge in [-0.3, -0.25) is 4.79 Å². The molecule has 1 aromatic carbocycles. The van der Waals surface area contributed by atoms with Gasteiger partial charge in [0.05, 0.1) is 4.90 Å². The Balaban J connectivity index is 2.09. The van der Waals surface area contributed by atoms with Crippen LogP contribution in [0.15, 0.2) is 29.2 Å². The van der Waals surface area contributed by atoms with E-state index >= 15 is 0 Å². The second kappa shape index (κ2) is 6.35. The molecule has 1 aromatic rings. The summed E-state index contributed by atoms with van der Waals surface area (Å²) < 4.78 is 37.3. The maximum Gasteiger partial charge on any atom is 0.238 e. The number of hydrogen-bond donors (Lipinski definition) is 0. The third-order valence-electron chi connectivity index (χ3n) is 3.43. The van der Waals surface area contributed by atoms with Crippen LogP contribution in [0.5, 0.6) is 0 Å². The van der Waals surface area contributed by atoms with Crippen LogP contribution < -0.4 is 0 Å². The molecule has 4 nitrogen and oxygen atoms in total. The number of carbonyl (C=O) groups excluding carboxylic acids is 1. The number of rotatable bonds is 3. The number of nitrogens with zero attached hydrogens (tertiary/aromatic N) is 1. The highest BCUT2D eigenvalue weighted by Crippen LogP contribution is 2.15. The van der Waals surface area contributed by atoms with E-state index in [-0.39, 0.29) is 4.90 Å². The van der Waals surface area contributed by atoms with Gasteiger partial charge in [0, 0.05) is 13.1 Å². The van der Waals surface area contributed by atoms with Crippen molar-refractivity contribution in [2.45, 2.75) is 30.6 Å². The summed E-state index contributed by atoms with van der Waals surface area (Å²) in [7, 11) is -3.77. The van der Waals surface area contributed by atoms with Crippen LogP contribution in [0.2, 0.25) is 0 Å². The molecule has 1 fully saturated rings. The van der Waals surface area contributed by atoms with E-state index < -0.39 is 27.3 Å². The summed E-state index contributed by atoms with van der Waals surface area (Å²) in [4.78, 5) is 13.5. The molecule has 0 atom stereocenters. The lowest BCUT2D eigenvalue weighted by Gasteiger charge is -2.20. The first kappa shape index (κ1) is 15.0. The third-order valence-corrected chi connectivity index (χ3v) is 5.03. The SMILES string of the molecule is O=C(CS(=O)(=O)c1cccc(F)c1)N1CCCCCC1. The molecule has 20 heavy (non-hydrogen) atoms. The summed E-state index contributed by atoms with van der Waals surface area (Å²) in [6, 6.07) is 4.77. The zero-order valence-corrected chi connectivity index (χ0v) is 12.0. The summed E-state index contributed by atoms with van der Waals surface area (Å²) in [5.41, 5.74) is 0. The molecule has 1 amide bonds. The van der Waals surface area contributed by atoms with E-state index in [0.29, 0.717) is 13.1 Å². The highest BCUT2D eigenvalue weighted by Gasteiger charge is 2.24. The minimum absolute atomic E-state index is 0.138. The van der Waals surface area contributed by atoms with Gasteiger partial charge >= 0.3 is 0 Å². The molecule has 110 valence electrons. The Hall–Kier alpha value is -1.43. The second-order valence-electron chi connectivity index (χ2n) is 5.01. The van der Waals surface area contributed by atoms with Crippen molar-refractivity contribution in [1.82, 2.24) is 4.90 Å². The maximum absolute atomic E-state index is 13.1. The fourth-order valence-electron chi connectivity index (χ4n) is 2.32. The van der Waals surface area contributed by atoms with Gasteiger partial charge in [0.2, 0.25) is 5.91 Å². The van der Waals surface area contributed by atoms with Crippen molar-refractivity contribution in [3.63, 3.8) is 0 Å². The van der Waals surface area contributed by atoms with Crippen LogP contribution in [-0.2, 0) is 14.6 Å². The largest absolute Gasteiger partial charge is 0.342 e. The van der Waals surface area contributed by atoms with E-state index in [4.69, 9.17) is 0 Å². The van der Waals surface area contributed by atoms with Gasteiger partial charge < -0.3 is 4.90 Å². The summed E-state index contributed by atoms with van der Waals surface area (Å²) in [5, 5.41) is 0. The highest BCUT2D eigenvalue weighted by molar-refractivity contribution is 7.92. The number of likely N-dealkylation sites (tertiary alicyclic amines) is 1. The van der Waals surface area contributed by atoms with E-state index in [1.54, 1.807) is 4.90 Å². The van der Waals surface area contributed by atoms with E-state index in [9.17, 15) is 17.6 Å². The van der Waals surface area contributed by atoms with Gasteiger partial charge in [-0.25, -0.2) is 12.8 Å². The van der Waals surface area contributed by atoms with Crippen LogP contribution in [0.1, 0.15) is 25.7 Å². The molecular weight excluding hydrogens is 281 g/mol. The van der Waals surface area contributed by atoms with E-state index in [1.165, 1.54) is 18.2 Å². The van der Waals surface area contributed by atoms with Crippen LogP contribution >= 0.6 is 0 Å². The van der Waals surface area contributed by atoms with E-state index in [2.05, 4.69) is 0 Å². The maximum atomic E-state index is 13.1. The van der Waals surface area contributed by atoms with Crippen molar-refractivity contribution in [1.29, 1.82) is 0 Å². The van der Waals surface area contributed by atoms with Crippen molar-refractivity contribution in [3.8, 4) is 0 Å². The Morgan fingerprint density at radius 2 is 1.80 bits per heavy atom. The zero-order chi connectivity index (χ0) is 14.6. The van der Waals surface area contributed by atoms with Crippen LogP contribution in [0, 0.1) is 5.82 Å². The predicted octanol–water partition coefficient (Wildman–Crippen LogP) is 2.00. The zero-order valence-electron chi connectivity index (χ0n) is 11.2. The minimum Gasteiger partial charge on any atom is -0.342 e.